The lowest BCUT2D eigenvalue weighted by molar-refractivity contribution is -0.122. The number of ether oxygens (including phenoxy) is 1. The van der Waals surface area contributed by atoms with Crippen molar-refractivity contribution in [3.63, 3.8) is 0 Å². The Morgan fingerprint density at radius 3 is 2.43 bits per heavy atom. The number of carbonyl (C=O) groups is 2. The molecule has 0 aliphatic carbocycles. The number of anilines is 2. The van der Waals surface area contributed by atoms with Gasteiger partial charge in [-0.2, -0.15) is 0 Å². The van der Waals surface area contributed by atoms with Crippen molar-refractivity contribution in [2.45, 2.75) is 39.5 Å². The van der Waals surface area contributed by atoms with E-state index in [1.165, 1.54) is 0 Å². The van der Waals surface area contributed by atoms with E-state index in [1.807, 2.05) is 49.4 Å². The number of carbonyl (C=O) groups excluding carboxylic acids is 2. The molecular weight excluding hydrogens is 352 g/mol. The topological polar surface area (TPSA) is 58.6 Å². The van der Waals surface area contributed by atoms with Crippen LogP contribution in [0.3, 0.4) is 0 Å². The molecule has 0 radical (unpaired) electrons. The monoisotopic (exact) mass is 380 g/mol. The molecule has 3 rings (SSSR count). The van der Waals surface area contributed by atoms with Gasteiger partial charge in [0.25, 0.3) is 0 Å². The van der Waals surface area contributed by atoms with Crippen LogP contribution in [0.5, 0.6) is 5.75 Å². The molecule has 1 fully saturated rings. The SMILES string of the molecule is COc1ccc(C(C)(C)C)cc1NC(=O)[C@@H]1CC(=O)N(c2ccc(C)cc2)C1. The summed E-state index contributed by atoms with van der Waals surface area (Å²) in [6.07, 6.45) is 0.209. The molecule has 1 N–H and O–H groups in total. The van der Waals surface area contributed by atoms with Crippen molar-refractivity contribution in [2.24, 2.45) is 5.92 Å². The Morgan fingerprint density at radius 1 is 1.14 bits per heavy atom. The van der Waals surface area contributed by atoms with E-state index < -0.39 is 5.92 Å². The first-order valence-corrected chi connectivity index (χ1v) is 9.55. The molecule has 5 heteroatoms. The van der Waals surface area contributed by atoms with Gasteiger partial charge in [0.05, 0.1) is 18.7 Å². The third-order valence-corrected chi connectivity index (χ3v) is 5.16. The average molecular weight is 380 g/mol. The highest BCUT2D eigenvalue weighted by Crippen LogP contribution is 2.33. The minimum Gasteiger partial charge on any atom is -0.495 e. The van der Waals surface area contributed by atoms with Gasteiger partial charge < -0.3 is 15.0 Å². The number of hydrogen-bond acceptors (Lipinski definition) is 3. The summed E-state index contributed by atoms with van der Waals surface area (Å²) in [6.45, 7) is 8.75. The van der Waals surface area contributed by atoms with Gasteiger partial charge in [0.2, 0.25) is 11.8 Å². The smallest absolute Gasteiger partial charge is 0.229 e. The largest absolute Gasteiger partial charge is 0.495 e. The van der Waals surface area contributed by atoms with Crippen LogP contribution in [0.15, 0.2) is 42.5 Å². The second kappa shape index (κ2) is 7.66. The predicted molar refractivity (Wildman–Crippen MR) is 112 cm³/mol. The third-order valence-electron chi connectivity index (χ3n) is 5.16. The molecule has 5 nitrogen and oxygen atoms in total. The molecule has 0 saturated carbocycles. The standard InChI is InChI=1S/C23H28N2O3/c1-15-6-9-18(10-7-15)25-14-16(12-21(25)26)22(27)24-19-13-17(23(2,3)4)8-11-20(19)28-5/h6-11,13,16H,12,14H2,1-5H3,(H,24,27)/t16-/m1/s1. The maximum atomic E-state index is 12.9. The van der Waals surface area contributed by atoms with Crippen molar-refractivity contribution in [3.8, 4) is 5.75 Å². The van der Waals surface area contributed by atoms with E-state index in [2.05, 4.69) is 26.1 Å². The normalized spacial score (nSPS) is 17.0. The molecule has 0 unspecified atom stereocenters. The summed E-state index contributed by atoms with van der Waals surface area (Å²) in [5.74, 6) is 0.0320. The van der Waals surface area contributed by atoms with Gasteiger partial charge in [0.15, 0.2) is 0 Å². The maximum Gasteiger partial charge on any atom is 0.229 e. The Kier molecular flexibility index (Phi) is 5.45. The molecule has 1 aliphatic rings. The number of aryl methyl sites for hydroxylation is 1. The molecule has 0 bridgehead atoms. The van der Waals surface area contributed by atoms with Gasteiger partial charge in [0, 0.05) is 18.7 Å². The Bertz CT molecular complexity index is 882. The van der Waals surface area contributed by atoms with Crippen molar-refractivity contribution in [2.75, 3.05) is 23.9 Å². The molecule has 1 saturated heterocycles. The highest BCUT2D eigenvalue weighted by Gasteiger charge is 2.35. The van der Waals surface area contributed by atoms with Gasteiger partial charge in [-0.15, -0.1) is 0 Å². The summed E-state index contributed by atoms with van der Waals surface area (Å²) in [7, 11) is 1.58. The summed E-state index contributed by atoms with van der Waals surface area (Å²) in [6, 6.07) is 13.6. The van der Waals surface area contributed by atoms with Crippen LogP contribution in [-0.4, -0.2) is 25.5 Å². The van der Waals surface area contributed by atoms with Crippen LogP contribution in [0.2, 0.25) is 0 Å². The minimum absolute atomic E-state index is 0.0283. The van der Waals surface area contributed by atoms with Crippen LogP contribution >= 0.6 is 0 Å². The molecule has 2 aromatic carbocycles. The van der Waals surface area contributed by atoms with Gasteiger partial charge in [0.1, 0.15) is 5.75 Å². The van der Waals surface area contributed by atoms with Crippen LogP contribution in [0.1, 0.15) is 38.3 Å². The van der Waals surface area contributed by atoms with Crippen molar-refractivity contribution in [1.29, 1.82) is 0 Å². The quantitative estimate of drug-likeness (QED) is 0.861. The molecule has 0 spiro atoms. The van der Waals surface area contributed by atoms with Crippen LogP contribution in [0.25, 0.3) is 0 Å². The molecule has 28 heavy (non-hydrogen) atoms. The second-order valence-corrected chi connectivity index (χ2v) is 8.40. The second-order valence-electron chi connectivity index (χ2n) is 8.40. The zero-order valence-corrected chi connectivity index (χ0v) is 17.2. The highest BCUT2D eigenvalue weighted by molar-refractivity contribution is 6.04. The van der Waals surface area contributed by atoms with Gasteiger partial charge in [-0.1, -0.05) is 44.5 Å². The fourth-order valence-corrected chi connectivity index (χ4v) is 3.36. The maximum absolute atomic E-state index is 12.9. The predicted octanol–water partition coefficient (Wildman–Crippen LogP) is 4.29. The number of benzene rings is 2. The Labute approximate surface area is 166 Å². The van der Waals surface area contributed by atoms with Crippen molar-refractivity contribution in [1.82, 2.24) is 0 Å². The number of nitrogens with zero attached hydrogens (tertiary/aromatic N) is 1. The minimum atomic E-state index is -0.392. The number of nitrogens with one attached hydrogen (secondary N) is 1. The summed E-state index contributed by atoms with van der Waals surface area (Å²) in [5.41, 5.74) is 3.67. The van der Waals surface area contributed by atoms with Crippen LogP contribution < -0.4 is 15.0 Å². The molecule has 2 amide bonds. The summed E-state index contributed by atoms with van der Waals surface area (Å²) in [5, 5.41) is 2.97. The molecule has 2 aromatic rings. The van der Waals surface area contributed by atoms with Gasteiger partial charge >= 0.3 is 0 Å². The molecular formula is C23H28N2O3. The molecule has 0 aromatic heterocycles. The number of amides is 2. The van der Waals surface area contributed by atoms with E-state index in [0.29, 0.717) is 18.0 Å². The highest BCUT2D eigenvalue weighted by atomic mass is 16.5. The summed E-state index contributed by atoms with van der Waals surface area (Å²) < 4.78 is 5.41. The van der Waals surface area contributed by atoms with Crippen molar-refractivity contribution in [3.05, 3.63) is 53.6 Å². The van der Waals surface area contributed by atoms with Crippen molar-refractivity contribution < 1.29 is 14.3 Å². The van der Waals surface area contributed by atoms with Crippen molar-refractivity contribution >= 4 is 23.2 Å². The third kappa shape index (κ3) is 4.19. The Morgan fingerprint density at radius 2 is 1.82 bits per heavy atom. The molecule has 1 heterocycles. The summed E-state index contributed by atoms with van der Waals surface area (Å²) in [4.78, 5) is 27.0. The molecule has 1 aliphatic heterocycles. The van der Waals surface area contributed by atoms with E-state index in [-0.39, 0.29) is 23.7 Å². The lowest BCUT2D eigenvalue weighted by Gasteiger charge is -2.22. The van der Waals surface area contributed by atoms with Gasteiger partial charge in [-0.25, -0.2) is 0 Å². The van der Waals surface area contributed by atoms with E-state index in [9.17, 15) is 9.59 Å². The first kappa shape index (κ1) is 19.9. The Hall–Kier alpha value is -2.82. The number of methoxy groups -OCH3 is 1. The molecule has 148 valence electrons. The van der Waals surface area contributed by atoms with Crippen LogP contribution in [0.4, 0.5) is 11.4 Å². The zero-order chi connectivity index (χ0) is 20.5. The van der Waals surface area contributed by atoms with E-state index in [4.69, 9.17) is 4.74 Å². The Balaban J connectivity index is 1.76. The van der Waals surface area contributed by atoms with E-state index in [0.717, 1.165) is 16.8 Å². The average Bonchev–Trinajstić information content (AvgIpc) is 3.03. The summed E-state index contributed by atoms with van der Waals surface area (Å²) >= 11 is 0. The molecule has 1 atom stereocenters. The fraction of sp³-hybridized carbons (Fsp3) is 0.391. The van der Waals surface area contributed by atoms with Crippen LogP contribution in [0, 0.1) is 12.8 Å². The van der Waals surface area contributed by atoms with Gasteiger partial charge in [-0.3, -0.25) is 9.59 Å². The van der Waals surface area contributed by atoms with Crippen LogP contribution in [-0.2, 0) is 15.0 Å². The lowest BCUT2D eigenvalue weighted by Crippen LogP contribution is -2.28. The number of hydrogen-bond donors (Lipinski definition) is 1. The fourth-order valence-electron chi connectivity index (χ4n) is 3.36. The van der Waals surface area contributed by atoms with E-state index in [1.54, 1.807) is 12.0 Å². The van der Waals surface area contributed by atoms with Gasteiger partial charge in [-0.05, 0) is 42.2 Å². The first-order valence-electron chi connectivity index (χ1n) is 9.55. The lowest BCUT2D eigenvalue weighted by atomic mass is 9.86. The number of rotatable bonds is 4. The first-order chi connectivity index (χ1) is 13.2. The van der Waals surface area contributed by atoms with E-state index >= 15 is 0 Å². The zero-order valence-electron chi connectivity index (χ0n) is 17.2.